The molecule has 3 unspecified atom stereocenters. The van der Waals surface area contributed by atoms with Crippen LogP contribution in [0, 0.1) is 11.8 Å². The summed E-state index contributed by atoms with van der Waals surface area (Å²) in [7, 11) is 0. The third kappa shape index (κ3) is 2.65. The largest absolute Gasteiger partial charge is 0.384 e. The van der Waals surface area contributed by atoms with Crippen molar-refractivity contribution in [2.75, 3.05) is 11.1 Å². The Hall–Kier alpha value is -1.25. The Balaban J connectivity index is 1.93. The molecular formula is C13H21N3. The van der Waals surface area contributed by atoms with Crippen molar-refractivity contribution in [2.24, 2.45) is 11.8 Å². The van der Waals surface area contributed by atoms with Crippen molar-refractivity contribution in [1.82, 2.24) is 4.98 Å². The van der Waals surface area contributed by atoms with Crippen LogP contribution in [0.2, 0.25) is 0 Å². The van der Waals surface area contributed by atoms with Gasteiger partial charge < -0.3 is 11.1 Å². The first-order valence-electron chi connectivity index (χ1n) is 6.13. The average molecular weight is 219 g/mol. The molecule has 0 bridgehead atoms. The molecule has 3 N–H and O–H groups in total. The van der Waals surface area contributed by atoms with Gasteiger partial charge in [-0.2, -0.15) is 0 Å². The fraction of sp³-hybridized carbons (Fsp3) is 0.615. The number of aromatic nitrogens is 1. The second-order valence-electron chi connectivity index (χ2n) is 5.08. The van der Waals surface area contributed by atoms with Gasteiger partial charge in [-0.05, 0) is 43.2 Å². The average Bonchev–Trinajstić information content (AvgIpc) is 2.27. The van der Waals surface area contributed by atoms with Gasteiger partial charge in [0, 0.05) is 6.04 Å². The first-order chi connectivity index (χ1) is 7.65. The Labute approximate surface area is 97.5 Å². The zero-order valence-corrected chi connectivity index (χ0v) is 10.1. The maximum Gasteiger partial charge on any atom is 0.123 e. The van der Waals surface area contributed by atoms with Gasteiger partial charge in [0.15, 0.2) is 0 Å². The van der Waals surface area contributed by atoms with E-state index in [1.54, 1.807) is 0 Å². The summed E-state index contributed by atoms with van der Waals surface area (Å²) in [6.45, 7) is 4.70. The van der Waals surface area contributed by atoms with E-state index in [0.717, 1.165) is 17.5 Å². The lowest BCUT2D eigenvalue weighted by Gasteiger charge is -2.33. The lowest BCUT2D eigenvalue weighted by Crippen LogP contribution is -2.30. The molecule has 1 aromatic rings. The van der Waals surface area contributed by atoms with E-state index < -0.39 is 0 Å². The van der Waals surface area contributed by atoms with E-state index in [1.807, 2.05) is 18.3 Å². The Morgan fingerprint density at radius 1 is 1.25 bits per heavy atom. The van der Waals surface area contributed by atoms with Crippen molar-refractivity contribution in [3.8, 4) is 0 Å². The highest BCUT2D eigenvalue weighted by atomic mass is 14.9. The molecule has 0 aromatic carbocycles. The number of hydrogen-bond donors (Lipinski definition) is 2. The molecule has 0 saturated heterocycles. The van der Waals surface area contributed by atoms with Crippen LogP contribution in [0.3, 0.4) is 0 Å². The summed E-state index contributed by atoms with van der Waals surface area (Å²) in [5, 5.41) is 3.54. The number of nitrogens with one attached hydrogen (secondary N) is 1. The number of hydrogen-bond acceptors (Lipinski definition) is 3. The zero-order chi connectivity index (χ0) is 11.5. The maximum atomic E-state index is 5.56. The van der Waals surface area contributed by atoms with Crippen LogP contribution in [0.5, 0.6) is 0 Å². The van der Waals surface area contributed by atoms with Crippen LogP contribution in [0.1, 0.15) is 33.1 Å². The third-order valence-electron chi connectivity index (χ3n) is 3.76. The van der Waals surface area contributed by atoms with Gasteiger partial charge in [0.2, 0.25) is 0 Å². The maximum absolute atomic E-state index is 5.56. The van der Waals surface area contributed by atoms with Gasteiger partial charge in [-0.15, -0.1) is 0 Å². The molecule has 1 aliphatic rings. The molecule has 2 rings (SSSR count). The van der Waals surface area contributed by atoms with Crippen LogP contribution in [0.25, 0.3) is 0 Å². The molecule has 0 amide bonds. The summed E-state index contributed by atoms with van der Waals surface area (Å²) in [5.74, 6) is 2.26. The Morgan fingerprint density at radius 2 is 2.06 bits per heavy atom. The van der Waals surface area contributed by atoms with Crippen LogP contribution in [0.15, 0.2) is 18.3 Å². The van der Waals surface area contributed by atoms with Gasteiger partial charge in [0.25, 0.3) is 0 Å². The highest BCUT2D eigenvalue weighted by Crippen LogP contribution is 2.30. The van der Waals surface area contributed by atoms with Gasteiger partial charge in [-0.25, -0.2) is 4.98 Å². The van der Waals surface area contributed by atoms with Crippen LogP contribution in [0.4, 0.5) is 11.5 Å². The summed E-state index contributed by atoms with van der Waals surface area (Å²) in [6, 6.07) is 4.44. The van der Waals surface area contributed by atoms with E-state index in [0.29, 0.717) is 11.9 Å². The molecule has 3 heteroatoms. The molecule has 0 aliphatic heterocycles. The van der Waals surface area contributed by atoms with E-state index in [1.165, 1.54) is 19.3 Å². The molecular weight excluding hydrogens is 198 g/mol. The first kappa shape index (κ1) is 11.2. The molecule has 0 radical (unpaired) electrons. The fourth-order valence-corrected chi connectivity index (χ4v) is 2.41. The van der Waals surface area contributed by atoms with Gasteiger partial charge in [0.05, 0.1) is 11.9 Å². The SMILES string of the molecule is CC1CCC(Nc2ccc(N)nc2)CC1C. The Morgan fingerprint density at radius 3 is 2.69 bits per heavy atom. The summed E-state index contributed by atoms with van der Waals surface area (Å²) in [4.78, 5) is 4.09. The minimum absolute atomic E-state index is 0.580. The molecule has 0 spiro atoms. The number of nitrogens with zero attached hydrogens (tertiary/aromatic N) is 1. The van der Waals surface area contributed by atoms with E-state index in [4.69, 9.17) is 5.73 Å². The van der Waals surface area contributed by atoms with Gasteiger partial charge in [-0.3, -0.25) is 0 Å². The number of pyridine rings is 1. The normalized spacial score (nSPS) is 30.0. The minimum Gasteiger partial charge on any atom is -0.384 e. The lowest BCUT2D eigenvalue weighted by molar-refractivity contribution is 0.261. The molecule has 1 saturated carbocycles. The molecule has 3 nitrogen and oxygen atoms in total. The van der Waals surface area contributed by atoms with Crippen molar-refractivity contribution < 1.29 is 0 Å². The number of anilines is 2. The summed E-state index contributed by atoms with van der Waals surface area (Å²) >= 11 is 0. The molecule has 3 atom stereocenters. The van der Waals surface area contributed by atoms with Crippen LogP contribution in [-0.2, 0) is 0 Å². The van der Waals surface area contributed by atoms with Crippen molar-refractivity contribution in [2.45, 2.75) is 39.2 Å². The predicted octanol–water partition coefficient (Wildman–Crippen LogP) is 2.90. The van der Waals surface area contributed by atoms with Crippen molar-refractivity contribution in [3.63, 3.8) is 0 Å². The van der Waals surface area contributed by atoms with Crippen molar-refractivity contribution in [3.05, 3.63) is 18.3 Å². The van der Waals surface area contributed by atoms with Crippen LogP contribution in [-0.4, -0.2) is 11.0 Å². The van der Waals surface area contributed by atoms with Crippen LogP contribution < -0.4 is 11.1 Å². The highest BCUT2D eigenvalue weighted by molar-refractivity contribution is 5.46. The van der Waals surface area contributed by atoms with Crippen LogP contribution >= 0.6 is 0 Å². The molecule has 1 aromatic heterocycles. The smallest absolute Gasteiger partial charge is 0.123 e. The molecule has 1 fully saturated rings. The molecule has 88 valence electrons. The van der Waals surface area contributed by atoms with Gasteiger partial charge in [-0.1, -0.05) is 13.8 Å². The molecule has 16 heavy (non-hydrogen) atoms. The second kappa shape index (κ2) is 4.73. The second-order valence-corrected chi connectivity index (χ2v) is 5.08. The number of nitrogen functional groups attached to an aromatic ring is 1. The molecule has 1 heterocycles. The van der Waals surface area contributed by atoms with E-state index in [9.17, 15) is 0 Å². The fourth-order valence-electron chi connectivity index (χ4n) is 2.41. The highest BCUT2D eigenvalue weighted by Gasteiger charge is 2.24. The van der Waals surface area contributed by atoms with Gasteiger partial charge >= 0.3 is 0 Å². The monoisotopic (exact) mass is 219 g/mol. The third-order valence-corrected chi connectivity index (χ3v) is 3.76. The summed E-state index contributed by atoms with van der Waals surface area (Å²) < 4.78 is 0. The molecule has 1 aliphatic carbocycles. The topological polar surface area (TPSA) is 50.9 Å². The number of nitrogens with two attached hydrogens (primary N) is 1. The predicted molar refractivity (Wildman–Crippen MR) is 68.2 cm³/mol. The zero-order valence-electron chi connectivity index (χ0n) is 10.1. The summed E-state index contributed by atoms with van der Waals surface area (Å²) in [5.41, 5.74) is 6.65. The minimum atomic E-state index is 0.580. The summed E-state index contributed by atoms with van der Waals surface area (Å²) in [6.07, 6.45) is 5.65. The Bertz CT molecular complexity index is 334. The van der Waals surface area contributed by atoms with Gasteiger partial charge in [0.1, 0.15) is 5.82 Å². The van der Waals surface area contributed by atoms with E-state index in [2.05, 4.69) is 24.1 Å². The van der Waals surface area contributed by atoms with E-state index >= 15 is 0 Å². The lowest BCUT2D eigenvalue weighted by atomic mass is 9.79. The first-order valence-corrected chi connectivity index (χ1v) is 6.13. The Kier molecular flexibility index (Phi) is 3.32. The van der Waals surface area contributed by atoms with Crippen molar-refractivity contribution >= 4 is 11.5 Å². The quantitative estimate of drug-likeness (QED) is 0.804. The van der Waals surface area contributed by atoms with Crippen molar-refractivity contribution in [1.29, 1.82) is 0 Å². The van der Waals surface area contributed by atoms with E-state index in [-0.39, 0.29) is 0 Å². The number of rotatable bonds is 2. The standard InChI is InChI=1S/C13H21N3/c1-9-3-4-11(7-10(9)2)16-12-5-6-13(14)15-8-12/h5-6,8-11,16H,3-4,7H2,1-2H3,(H2,14,15).